The van der Waals surface area contributed by atoms with Crippen molar-refractivity contribution in [1.29, 1.82) is 0 Å². The molecule has 0 aliphatic rings. The van der Waals surface area contributed by atoms with Gasteiger partial charge in [0, 0.05) is 0 Å². The number of benzene rings is 2. The van der Waals surface area contributed by atoms with E-state index in [0.717, 1.165) is 16.7 Å². The number of nitrogens with one attached hydrogen (secondary N) is 1. The van der Waals surface area contributed by atoms with E-state index in [1.807, 2.05) is 32.2 Å². The molecule has 0 fully saturated rings. The Morgan fingerprint density at radius 2 is 1.40 bits per heavy atom. The minimum Gasteiger partial charge on any atom is -0.309 e. The summed E-state index contributed by atoms with van der Waals surface area (Å²) in [5.74, 6) is -0.435. The second-order valence-electron chi connectivity index (χ2n) is 5.25. The lowest BCUT2D eigenvalue weighted by molar-refractivity contribution is 0.601. The van der Waals surface area contributed by atoms with Gasteiger partial charge in [-0.2, -0.15) is 0 Å². The quantitative estimate of drug-likeness (QED) is 0.885. The maximum Gasteiger partial charge on any atom is 0.129 e. The van der Waals surface area contributed by atoms with Crippen LogP contribution < -0.4 is 5.32 Å². The molecular formula is C17H19F2N. The topological polar surface area (TPSA) is 12.0 Å². The molecular weight excluding hydrogens is 256 g/mol. The van der Waals surface area contributed by atoms with E-state index in [1.165, 1.54) is 12.1 Å². The van der Waals surface area contributed by atoms with E-state index in [0.29, 0.717) is 11.1 Å². The smallest absolute Gasteiger partial charge is 0.129 e. The van der Waals surface area contributed by atoms with Crippen LogP contribution in [-0.2, 0) is 0 Å². The first-order valence-electron chi connectivity index (χ1n) is 6.63. The van der Waals surface area contributed by atoms with Crippen LogP contribution in [0.3, 0.4) is 0 Å². The Bertz CT molecular complexity index is 592. The van der Waals surface area contributed by atoms with E-state index in [-0.39, 0.29) is 17.7 Å². The van der Waals surface area contributed by atoms with Gasteiger partial charge >= 0.3 is 0 Å². The normalized spacial score (nSPS) is 12.5. The van der Waals surface area contributed by atoms with Gasteiger partial charge in [-0.25, -0.2) is 8.78 Å². The molecule has 2 rings (SSSR count). The summed E-state index contributed by atoms with van der Waals surface area (Å²) in [6.07, 6.45) is 0. The van der Waals surface area contributed by atoms with Crippen LogP contribution in [0.25, 0.3) is 0 Å². The largest absolute Gasteiger partial charge is 0.309 e. The van der Waals surface area contributed by atoms with Crippen molar-refractivity contribution in [2.45, 2.75) is 26.8 Å². The molecule has 1 nitrogen and oxygen atoms in total. The van der Waals surface area contributed by atoms with Gasteiger partial charge in [0.15, 0.2) is 0 Å². The molecule has 0 aliphatic heterocycles. The minimum atomic E-state index is -0.254. The Hall–Kier alpha value is -1.74. The number of rotatable bonds is 3. The maximum absolute atomic E-state index is 13.7. The van der Waals surface area contributed by atoms with Crippen LogP contribution in [-0.4, -0.2) is 7.05 Å². The fourth-order valence-corrected chi connectivity index (χ4v) is 2.60. The monoisotopic (exact) mass is 275 g/mol. The summed E-state index contributed by atoms with van der Waals surface area (Å²) in [4.78, 5) is 0. The molecule has 0 heterocycles. The van der Waals surface area contributed by atoms with Gasteiger partial charge in [-0.15, -0.1) is 0 Å². The molecule has 0 aliphatic carbocycles. The zero-order chi connectivity index (χ0) is 14.9. The predicted molar refractivity (Wildman–Crippen MR) is 77.9 cm³/mol. The lowest BCUT2D eigenvalue weighted by Gasteiger charge is -2.19. The summed E-state index contributed by atoms with van der Waals surface area (Å²) in [7, 11) is 1.82. The number of aryl methyl sites for hydroxylation is 3. The van der Waals surface area contributed by atoms with E-state index in [4.69, 9.17) is 0 Å². The van der Waals surface area contributed by atoms with Crippen LogP contribution in [0.2, 0.25) is 0 Å². The molecule has 0 amide bonds. The average molecular weight is 275 g/mol. The van der Waals surface area contributed by atoms with Crippen molar-refractivity contribution >= 4 is 0 Å². The zero-order valence-electron chi connectivity index (χ0n) is 12.2. The van der Waals surface area contributed by atoms with Gasteiger partial charge in [-0.1, -0.05) is 18.2 Å². The molecule has 106 valence electrons. The van der Waals surface area contributed by atoms with Crippen LogP contribution in [0, 0.1) is 32.4 Å². The SMILES string of the molecule is CNC(c1cc(C)cc(F)c1)c1cc(C)c(F)c(C)c1. The Kier molecular flexibility index (Phi) is 4.19. The molecule has 0 saturated carbocycles. The van der Waals surface area contributed by atoms with Crippen molar-refractivity contribution in [1.82, 2.24) is 5.32 Å². The first kappa shape index (κ1) is 14.7. The highest BCUT2D eigenvalue weighted by Gasteiger charge is 2.15. The van der Waals surface area contributed by atoms with Crippen molar-refractivity contribution in [3.63, 3.8) is 0 Å². The van der Waals surface area contributed by atoms with Gasteiger partial charge in [0.1, 0.15) is 11.6 Å². The standard InChI is InChI=1S/C17H19F2N/c1-10-5-13(9-15(18)6-10)17(20-4)14-7-11(2)16(19)12(3)8-14/h5-9,17,20H,1-4H3. The summed E-state index contributed by atoms with van der Waals surface area (Å²) in [5.41, 5.74) is 3.86. The third kappa shape index (κ3) is 2.88. The highest BCUT2D eigenvalue weighted by Crippen LogP contribution is 2.26. The predicted octanol–water partition coefficient (Wildman–Crippen LogP) is 4.20. The molecule has 1 unspecified atom stereocenters. The summed E-state index contributed by atoms with van der Waals surface area (Å²) in [6, 6.07) is 8.42. The van der Waals surface area contributed by atoms with Crippen LogP contribution in [0.5, 0.6) is 0 Å². The summed E-state index contributed by atoms with van der Waals surface area (Å²) in [6.45, 7) is 5.35. The molecule has 0 aromatic heterocycles. The third-order valence-electron chi connectivity index (χ3n) is 3.48. The Labute approximate surface area is 118 Å². The van der Waals surface area contributed by atoms with Crippen LogP contribution >= 0.6 is 0 Å². The first-order chi connectivity index (χ1) is 9.42. The van der Waals surface area contributed by atoms with Crippen LogP contribution in [0.15, 0.2) is 30.3 Å². The van der Waals surface area contributed by atoms with Gasteiger partial charge < -0.3 is 5.32 Å². The fraction of sp³-hybridized carbons (Fsp3) is 0.294. The highest BCUT2D eigenvalue weighted by molar-refractivity contribution is 5.39. The van der Waals surface area contributed by atoms with Gasteiger partial charge in [-0.3, -0.25) is 0 Å². The molecule has 0 saturated heterocycles. The first-order valence-corrected chi connectivity index (χ1v) is 6.63. The molecule has 0 bridgehead atoms. The molecule has 0 radical (unpaired) electrons. The van der Waals surface area contributed by atoms with Gasteiger partial charge in [-0.05, 0) is 67.8 Å². The lowest BCUT2D eigenvalue weighted by atomic mass is 9.94. The molecule has 1 N–H and O–H groups in total. The molecule has 3 heteroatoms. The Balaban J connectivity index is 2.52. The van der Waals surface area contributed by atoms with Crippen molar-refractivity contribution in [2.75, 3.05) is 7.05 Å². The van der Waals surface area contributed by atoms with Crippen molar-refractivity contribution in [3.8, 4) is 0 Å². The van der Waals surface area contributed by atoms with Crippen molar-refractivity contribution in [3.05, 3.63) is 69.8 Å². The van der Waals surface area contributed by atoms with Crippen LogP contribution in [0.1, 0.15) is 33.9 Å². The average Bonchev–Trinajstić information content (AvgIpc) is 2.35. The second kappa shape index (κ2) is 5.71. The molecule has 2 aromatic rings. The lowest BCUT2D eigenvalue weighted by Crippen LogP contribution is -2.18. The van der Waals surface area contributed by atoms with E-state index in [1.54, 1.807) is 13.8 Å². The summed E-state index contributed by atoms with van der Waals surface area (Å²) >= 11 is 0. The zero-order valence-corrected chi connectivity index (χ0v) is 12.2. The van der Waals surface area contributed by atoms with Gasteiger partial charge in [0.05, 0.1) is 6.04 Å². The Morgan fingerprint density at radius 3 is 1.90 bits per heavy atom. The van der Waals surface area contributed by atoms with E-state index in [2.05, 4.69) is 5.32 Å². The highest BCUT2D eigenvalue weighted by atomic mass is 19.1. The van der Waals surface area contributed by atoms with Gasteiger partial charge in [0.25, 0.3) is 0 Å². The summed E-state index contributed by atoms with van der Waals surface area (Å²) < 4.78 is 27.3. The maximum atomic E-state index is 13.7. The number of hydrogen-bond acceptors (Lipinski definition) is 1. The molecule has 20 heavy (non-hydrogen) atoms. The van der Waals surface area contributed by atoms with Crippen LogP contribution in [0.4, 0.5) is 8.78 Å². The Morgan fingerprint density at radius 1 is 0.850 bits per heavy atom. The fourth-order valence-electron chi connectivity index (χ4n) is 2.60. The van der Waals surface area contributed by atoms with E-state index < -0.39 is 0 Å². The van der Waals surface area contributed by atoms with E-state index >= 15 is 0 Å². The number of hydrogen-bond donors (Lipinski definition) is 1. The molecule has 1 atom stereocenters. The molecule has 2 aromatic carbocycles. The summed E-state index contributed by atoms with van der Waals surface area (Å²) in [5, 5.41) is 3.17. The number of halogens is 2. The van der Waals surface area contributed by atoms with Gasteiger partial charge in [0.2, 0.25) is 0 Å². The van der Waals surface area contributed by atoms with E-state index in [9.17, 15) is 8.78 Å². The second-order valence-corrected chi connectivity index (χ2v) is 5.25. The minimum absolute atomic E-state index is 0.151. The third-order valence-corrected chi connectivity index (χ3v) is 3.48. The van der Waals surface area contributed by atoms with Crippen molar-refractivity contribution < 1.29 is 8.78 Å². The molecule has 0 spiro atoms. The van der Waals surface area contributed by atoms with Crippen molar-refractivity contribution in [2.24, 2.45) is 0 Å².